The van der Waals surface area contributed by atoms with Gasteiger partial charge < -0.3 is 20.3 Å². The number of para-hydroxylation sites is 2. The van der Waals surface area contributed by atoms with Crippen LogP contribution < -0.4 is 20.3 Å². The van der Waals surface area contributed by atoms with E-state index in [0.29, 0.717) is 11.4 Å². The largest absolute Gasteiger partial charge is 0.477 e. The summed E-state index contributed by atoms with van der Waals surface area (Å²) in [6.45, 7) is 3.32. The van der Waals surface area contributed by atoms with Crippen molar-refractivity contribution in [2.24, 2.45) is 5.73 Å². The smallest absolute Gasteiger partial charge is 0.260 e. The molecule has 0 radical (unpaired) electrons. The third-order valence-electron chi connectivity index (χ3n) is 5.17. The van der Waals surface area contributed by atoms with Crippen molar-refractivity contribution < 1.29 is 14.3 Å². The molecule has 0 fully saturated rings. The number of fused-ring (bicyclic) bond motifs is 2. The fraction of sp³-hybridized carbons (Fsp3) is 0.333. The molecule has 27 heavy (non-hydrogen) atoms. The highest BCUT2D eigenvalue weighted by molar-refractivity contribution is 5.99. The van der Waals surface area contributed by atoms with Crippen LogP contribution in [0.1, 0.15) is 17.5 Å². The van der Waals surface area contributed by atoms with Gasteiger partial charge in [-0.15, -0.1) is 0 Å². The van der Waals surface area contributed by atoms with Crippen LogP contribution in [0.3, 0.4) is 0 Å². The van der Waals surface area contributed by atoms with Crippen LogP contribution in [-0.4, -0.2) is 37.6 Å². The van der Waals surface area contributed by atoms with Gasteiger partial charge in [0, 0.05) is 12.2 Å². The standard InChI is InChI=1S/C21H23N3O3/c1-14-8-9-16-15(11-14)5-4-10-23(16)13-20(25)24-12-19(21(22)26)27-18-7-3-2-6-17(18)24/h2-3,6-9,11,19H,4-5,10,12-13H2,1H3,(H2,22,26). The summed E-state index contributed by atoms with van der Waals surface area (Å²) in [6, 6.07) is 13.6. The first-order valence-electron chi connectivity index (χ1n) is 9.23. The second kappa shape index (κ2) is 6.95. The second-order valence-electron chi connectivity index (χ2n) is 7.14. The summed E-state index contributed by atoms with van der Waals surface area (Å²) in [5, 5.41) is 0. The van der Waals surface area contributed by atoms with Crippen molar-refractivity contribution in [2.45, 2.75) is 25.9 Å². The van der Waals surface area contributed by atoms with Crippen molar-refractivity contribution in [3.8, 4) is 5.75 Å². The molecule has 1 unspecified atom stereocenters. The van der Waals surface area contributed by atoms with Crippen LogP contribution in [0.25, 0.3) is 0 Å². The Bertz CT molecular complexity index is 896. The van der Waals surface area contributed by atoms with Gasteiger partial charge in [0.2, 0.25) is 5.91 Å². The Labute approximate surface area is 158 Å². The molecule has 140 valence electrons. The number of hydrogen-bond donors (Lipinski definition) is 1. The molecule has 0 aliphatic carbocycles. The Morgan fingerprint density at radius 1 is 1.19 bits per heavy atom. The van der Waals surface area contributed by atoms with E-state index in [2.05, 4.69) is 30.0 Å². The van der Waals surface area contributed by atoms with E-state index in [1.54, 1.807) is 11.0 Å². The van der Waals surface area contributed by atoms with Crippen molar-refractivity contribution in [1.29, 1.82) is 0 Å². The van der Waals surface area contributed by atoms with Crippen LogP contribution in [0.2, 0.25) is 0 Å². The van der Waals surface area contributed by atoms with Gasteiger partial charge in [-0.25, -0.2) is 0 Å². The Morgan fingerprint density at radius 3 is 2.81 bits per heavy atom. The molecule has 2 aliphatic heterocycles. The summed E-state index contributed by atoms with van der Waals surface area (Å²) < 4.78 is 5.65. The second-order valence-corrected chi connectivity index (χ2v) is 7.14. The van der Waals surface area contributed by atoms with E-state index >= 15 is 0 Å². The van der Waals surface area contributed by atoms with E-state index in [1.807, 2.05) is 18.2 Å². The summed E-state index contributed by atoms with van der Waals surface area (Å²) in [5.41, 5.74) is 9.75. The Kier molecular flexibility index (Phi) is 4.48. The highest BCUT2D eigenvalue weighted by atomic mass is 16.5. The number of benzene rings is 2. The maximum absolute atomic E-state index is 13.2. The van der Waals surface area contributed by atoms with Gasteiger partial charge in [0.25, 0.3) is 5.91 Å². The summed E-state index contributed by atoms with van der Waals surface area (Å²) in [6.07, 6.45) is 1.22. The molecule has 2 aromatic rings. The lowest BCUT2D eigenvalue weighted by Gasteiger charge is -2.36. The summed E-state index contributed by atoms with van der Waals surface area (Å²) in [4.78, 5) is 28.6. The minimum absolute atomic E-state index is 0.0644. The van der Waals surface area contributed by atoms with Gasteiger partial charge in [0.05, 0.1) is 18.8 Å². The number of rotatable bonds is 3. The highest BCUT2D eigenvalue weighted by Gasteiger charge is 2.33. The molecule has 6 nitrogen and oxygen atoms in total. The van der Waals surface area contributed by atoms with Gasteiger partial charge in [0.1, 0.15) is 5.75 Å². The summed E-state index contributed by atoms with van der Waals surface area (Å²) in [5.74, 6) is -0.123. The van der Waals surface area contributed by atoms with Crippen LogP contribution in [-0.2, 0) is 16.0 Å². The number of ether oxygens (including phenoxy) is 1. The average Bonchev–Trinajstić information content (AvgIpc) is 2.66. The van der Waals surface area contributed by atoms with Gasteiger partial charge in [0.15, 0.2) is 6.10 Å². The molecule has 0 spiro atoms. The molecule has 0 aromatic heterocycles. The van der Waals surface area contributed by atoms with E-state index in [4.69, 9.17) is 10.5 Å². The van der Waals surface area contributed by atoms with Crippen LogP contribution in [0, 0.1) is 6.92 Å². The van der Waals surface area contributed by atoms with Crippen molar-refractivity contribution in [3.05, 3.63) is 53.6 Å². The van der Waals surface area contributed by atoms with Crippen molar-refractivity contribution in [3.63, 3.8) is 0 Å². The van der Waals surface area contributed by atoms with E-state index in [-0.39, 0.29) is 19.0 Å². The molecular formula is C21H23N3O3. The lowest BCUT2D eigenvalue weighted by atomic mass is 9.99. The molecule has 1 atom stereocenters. The number of hydrogen-bond acceptors (Lipinski definition) is 4. The maximum atomic E-state index is 13.2. The molecule has 2 heterocycles. The molecule has 2 aromatic carbocycles. The van der Waals surface area contributed by atoms with Crippen molar-refractivity contribution in [2.75, 3.05) is 29.4 Å². The predicted octanol–water partition coefficient (Wildman–Crippen LogP) is 2.03. The normalized spacial score (nSPS) is 18.3. The average molecular weight is 365 g/mol. The lowest BCUT2D eigenvalue weighted by molar-refractivity contribution is -0.125. The fourth-order valence-corrected chi connectivity index (χ4v) is 3.84. The van der Waals surface area contributed by atoms with E-state index in [1.165, 1.54) is 11.1 Å². The van der Waals surface area contributed by atoms with Crippen molar-refractivity contribution >= 4 is 23.2 Å². The van der Waals surface area contributed by atoms with Crippen LogP contribution in [0.4, 0.5) is 11.4 Å². The van der Waals surface area contributed by atoms with Crippen LogP contribution in [0.15, 0.2) is 42.5 Å². The number of carbonyl (C=O) groups is 2. The number of amides is 2. The molecule has 4 rings (SSSR count). The first kappa shape index (κ1) is 17.4. The number of nitrogens with zero attached hydrogens (tertiary/aromatic N) is 2. The van der Waals surface area contributed by atoms with Gasteiger partial charge in [-0.3, -0.25) is 9.59 Å². The van der Waals surface area contributed by atoms with Gasteiger partial charge in [-0.1, -0.05) is 29.8 Å². The maximum Gasteiger partial charge on any atom is 0.260 e. The van der Waals surface area contributed by atoms with Crippen LogP contribution in [0.5, 0.6) is 5.75 Å². The van der Waals surface area contributed by atoms with Crippen LogP contribution >= 0.6 is 0 Å². The summed E-state index contributed by atoms with van der Waals surface area (Å²) >= 11 is 0. The number of anilines is 2. The summed E-state index contributed by atoms with van der Waals surface area (Å²) in [7, 11) is 0. The highest BCUT2D eigenvalue weighted by Crippen LogP contribution is 2.34. The third-order valence-corrected chi connectivity index (χ3v) is 5.17. The first-order chi connectivity index (χ1) is 13.0. The zero-order chi connectivity index (χ0) is 19.0. The van der Waals surface area contributed by atoms with Crippen molar-refractivity contribution in [1.82, 2.24) is 0 Å². The SMILES string of the molecule is Cc1ccc2c(c1)CCCN2CC(=O)N1CC(C(N)=O)Oc2ccccc21. The molecule has 2 N–H and O–H groups in total. The van der Waals surface area contributed by atoms with Gasteiger partial charge >= 0.3 is 0 Å². The van der Waals surface area contributed by atoms with E-state index < -0.39 is 12.0 Å². The zero-order valence-corrected chi connectivity index (χ0v) is 15.4. The topological polar surface area (TPSA) is 75.9 Å². The Balaban J connectivity index is 1.59. The fourth-order valence-electron chi connectivity index (χ4n) is 3.84. The molecule has 6 heteroatoms. The first-order valence-corrected chi connectivity index (χ1v) is 9.23. The molecule has 2 aliphatic rings. The Morgan fingerprint density at radius 2 is 2.00 bits per heavy atom. The molecule has 0 saturated carbocycles. The number of aryl methyl sites for hydroxylation is 2. The molecular weight excluding hydrogens is 342 g/mol. The Hall–Kier alpha value is -3.02. The quantitative estimate of drug-likeness (QED) is 0.903. The number of nitrogens with two attached hydrogens (primary N) is 1. The van der Waals surface area contributed by atoms with E-state index in [9.17, 15) is 9.59 Å². The minimum Gasteiger partial charge on any atom is -0.477 e. The third kappa shape index (κ3) is 3.35. The monoisotopic (exact) mass is 365 g/mol. The van der Waals surface area contributed by atoms with Gasteiger partial charge in [-0.2, -0.15) is 0 Å². The number of carbonyl (C=O) groups excluding carboxylic acids is 2. The van der Waals surface area contributed by atoms with E-state index in [0.717, 1.165) is 25.1 Å². The number of primary amides is 1. The molecule has 0 bridgehead atoms. The minimum atomic E-state index is -0.833. The zero-order valence-electron chi connectivity index (χ0n) is 15.4. The molecule has 0 saturated heterocycles. The lowest BCUT2D eigenvalue weighted by Crippen LogP contribution is -2.52. The molecule has 2 amide bonds. The predicted molar refractivity (Wildman–Crippen MR) is 104 cm³/mol. The van der Waals surface area contributed by atoms with Gasteiger partial charge in [-0.05, 0) is 43.5 Å².